The zero-order valence-electron chi connectivity index (χ0n) is 11.7. The highest BCUT2D eigenvalue weighted by Gasteiger charge is 2.19. The summed E-state index contributed by atoms with van der Waals surface area (Å²) in [6.07, 6.45) is 0.706. The molecule has 1 heterocycles. The molecule has 0 saturated heterocycles. The van der Waals surface area contributed by atoms with E-state index in [0.29, 0.717) is 11.6 Å². The quantitative estimate of drug-likeness (QED) is 0.652. The van der Waals surface area contributed by atoms with Crippen molar-refractivity contribution >= 4 is 27.5 Å². The molecule has 0 amide bonds. The summed E-state index contributed by atoms with van der Waals surface area (Å²) in [4.78, 5) is 0. The van der Waals surface area contributed by atoms with Crippen LogP contribution in [-0.4, -0.2) is 9.78 Å². The molecule has 6 heteroatoms. The highest BCUT2D eigenvalue weighted by atomic mass is 79.9. The van der Waals surface area contributed by atoms with Gasteiger partial charge < -0.3 is 0 Å². The summed E-state index contributed by atoms with van der Waals surface area (Å²) in [5.74, 6) is 5.73. The number of halogens is 2. The van der Waals surface area contributed by atoms with E-state index in [1.807, 2.05) is 20.0 Å². The lowest BCUT2D eigenvalue weighted by atomic mass is 9.96. The van der Waals surface area contributed by atoms with Crippen molar-refractivity contribution in [2.45, 2.75) is 26.3 Å². The van der Waals surface area contributed by atoms with Crippen molar-refractivity contribution in [1.29, 1.82) is 0 Å². The van der Waals surface area contributed by atoms with Crippen molar-refractivity contribution < 1.29 is 0 Å². The Labute approximate surface area is 132 Å². The molecule has 1 aromatic heterocycles. The van der Waals surface area contributed by atoms with Gasteiger partial charge in [0.25, 0.3) is 0 Å². The van der Waals surface area contributed by atoms with Gasteiger partial charge in [-0.2, -0.15) is 5.10 Å². The second-order valence-electron chi connectivity index (χ2n) is 4.90. The molecule has 0 fully saturated rings. The molecule has 1 atom stereocenters. The lowest BCUT2D eigenvalue weighted by molar-refractivity contribution is 0.548. The summed E-state index contributed by atoms with van der Waals surface area (Å²) >= 11 is 9.77. The number of aromatic nitrogens is 2. The molecule has 3 N–H and O–H groups in total. The molecular weight excluding hydrogens is 340 g/mol. The lowest BCUT2D eigenvalue weighted by Gasteiger charge is -2.19. The van der Waals surface area contributed by atoms with Crippen LogP contribution in [0.25, 0.3) is 0 Å². The Morgan fingerprint density at radius 1 is 1.45 bits per heavy atom. The van der Waals surface area contributed by atoms with Crippen molar-refractivity contribution in [3.05, 3.63) is 50.2 Å². The van der Waals surface area contributed by atoms with Crippen molar-refractivity contribution in [2.75, 3.05) is 0 Å². The summed E-state index contributed by atoms with van der Waals surface area (Å²) in [6.45, 7) is 4.03. The largest absolute Gasteiger partial charge is 0.271 e. The van der Waals surface area contributed by atoms with Crippen molar-refractivity contribution in [1.82, 2.24) is 15.2 Å². The molecule has 0 radical (unpaired) electrons. The first-order valence-electron chi connectivity index (χ1n) is 6.34. The summed E-state index contributed by atoms with van der Waals surface area (Å²) < 4.78 is 2.75. The van der Waals surface area contributed by atoms with Gasteiger partial charge in [0.1, 0.15) is 5.15 Å². The molecule has 0 spiro atoms. The molecule has 2 rings (SSSR count). The number of nitrogens with zero attached hydrogens (tertiary/aromatic N) is 2. The van der Waals surface area contributed by atoms with Crippen LogP contribution in [0.5, 0.6) is 0 Å². The van der Waals surface area contributed by atoms with E-state index in [-0.39, 0.29) is 6.04 Å². The van der Waals surface area contributed by atoms with Gasteiger partial charge >= 0.3 is 0 Å². The predicted molar refractivity (Wildman–Crippen MR) is 85.6 cm³/mol. The molecule has 0 bridgehead atoms. The molecule has 0 saturated carbocycles. The molecule has 0 aliphatic carbocycles. The molecule has 0 aliphatic rings. The Kier molecular flexibility index (Phi) is 4.86. The number of nitrogens with one attached hydrogen (secondary N) is 1. The Balaban J connectivity index is 2.33. The van der Waals surface area contributed by atoms with Crippen LogP contribution in [0.15, 0.2) is 22.7 Å². The van der Waals surface area contributed by atoms with Gasteiger partial charge in [-0.3, -0.25) is 16.0 Å². The van der Waals surface area contributed by atoms with Gasteiger partial charge in [-0.1, -0.05) is 33.6 Å². The van der Waals surface area contributed by atoms with Crippen LogP contribution in [-0.2, 0) is 13.5 Å². The normalized spacial score (nSPS) is 12.7. The van der Waals surface area contributed by atoms with E-state index < -0.39 is 0 Å². The first-order chi connectivity index (χ1) is 9.43. The number of hydrazine groups is 1. The number of benzene rings is 1. The third-order valence-electron chi connectivity index (χ3n) is 3.49. The maximum absolute atomic E-state index is 6.29. The summed E-state index contributed by atoms with van der Waals surface area (Å²) in [5, 5.41) is 5.00. The Hall–Kier alpha value is -0.880. The highest BCUT2D eigenvalue weighted by Crippen LogP contribution is 2.28. The van der Waals surface area contributed by atoms with Crippen LogP contribution in [0.1, 0.15) is 28.4 Å². The van der Waals surface area contributed by atoms with Crippen molar-refractivity contribution in [3.8, 4) is 0 Å². The van der Waals surface area contributed by atoms with Crippen LogP contribution < -0.4 is 11.3 Å². The smallest absolute Gasteiger partial charge is 0.130 e. The average Bonchev–Trinajstić information content (AvgIpc) is 2.62. The van der Waals surface area contributed by atoms with E-state index in [9.17, 15) is 0 Å². The molecule has 1 aromatic carbocycles. The van der Waals surface area contributed by atoms with Crippen LogP contribution in [0.3, 0.4) is 0 Å². The maximum atomic E-state index is 6.29. The van der Waals surface area contributed by atoms with Crippen LogP contribution in [0.4, 0.5) is 0 Å². The standard InChI is InChI=1S/C14H18BrClN4/c1-8-6-10(15)4-5-11(8)13(18-17)7-12-9(2)19-20(3)14(12)16/h4-6,13,18H,7,17H2,1-3H3. The maximum Gasteiger partial charge on any atom is 0.130 e. The zero-order valence-corrected chi connectivity index (χ0v) is 14.1. The SMILES string of the molecule is Cc1cc(Br)ccc1C(Cc1c(C)nn(C)c1Cl)NN. The molecule has 1 unspecified atom stereocenters. The number of nitrogens with two attached hydrogens (primary N) is 1. The Morgan fingerprint density at radius 2 is 2.15 bits per heavy atom. The van der Waals surface area contributed by atoms with Crippen LogP contribution in [0.2, 0.25) is 5.15 Å². The Bertz CT molecular complexity index is 624. The van der Waals surface area contributed by atoms with Crippen LogP contribution >= 0.6 is 27.5 Å². The van der Waals surface area contributed by atoms with Crippen molar-refractivity contribution in [2.24, 2.45) is 12.9 Å². The summed E-state index contributed by atoms with van der Waals surface area (Å²) in [6, 6.07) is 6.18. The van der Waals surface area contributed by atoms with Crippen molar-refractivity contribution in [3.63, 3.8) is 0 Å². The first kappa shape index (κ1) is 15.5. The van der Waals surface area contributed by atoms with E-state index in [1.165, 1.54) is 5.56 Å². The van der Waals surface area contributed by atoms with Gasteiger partial charge in [0.05, 0.1) is 11.7 Å². The number of rotatable bonds is 4. The molecule has 4 nitrogen and oxygen atoms in total. The van der Waals surface area contributed by atoms with Gasteiger partial charge in [0.2, 0.25) is 0 Å². The first-order valence-corrected chi connectivity index (χ1v) is 7.51. The second kappa shape index (κ2) is 6.26. The van der Waals surface area contributed by atoms with Gasteiger partial charge in [-0.15, -0.1) is 0 Å². The fraction of sp³-hybridized carbons (Fsp3) is 0.357. The second-order valence-corrected chi connectivity index (χ2v) is 6.18. The van der Waals surface area contributed by atoms with E-state index >= 15 is 0 Å². The van der Waals surface area contributed by atoms with Gasteiger partial charge in [0, 0.05) is 17.1 Å². The van der Waals surface area contributed by atoms with Gasteiger partial charge in [0.15, 0.2) is 0 Å². The fourth-order valence-electron chi connectivity index (χ4n) is 2.40. The number of hydrogen-bond acceptors (Lipinski definition) is 3. The third kappa shape index (κ3) is 3.06. The van der Waals surface area contributed by atoms with E-state index in [4.69, 9.17) is 17.4 Å². The topological polar surface area (TPSA) is 55.9 Å². The van der Waals surface area contributed by atoms with Gasteiger partial charge in [-0.05, 0) is 43.5 Å². The molecule has 108 valence electrons. The predicted octanol–water partition coefficient (Wildman–Crippen LogP) is 3.20. The van der Waals surface area contributed by atoms with E-state index in [2.05, 4.69) is 45.5 Å². The van der Waals surface area contributed by atoms with Crippen LogP contribution in [0, 0.1) is 13.8 Å². The van der Waals surface area contributed by atoms with E-state index in [0.717, 1.165) is 21.3 Å². The number of aryl methyl sites for hydroxylation is 3. The Morgan fingerprint density at radius 3 is 2.65 bits per heavy atom. The highest BCUT2D eigenvalue weighted by molar-refractivity contribution is 9.10. The van der Waals surface area contributed by atoms with Gasteiger partial charge in [-0.25, -0.2) is 0 Å². The molecule has 0 aliphatic heterocycles. The van der Waals surface area contributed by atoms with E-state index in [1.54, 1.807) is 4.68 Å². The average molecular weight is 358 g/mol. The fourth-order valence-corrected chi connectivity index (χ4v) is 3.13. The lowest BCUT2D eigenvalue weighted by Crippen LogP contribution is -2.30. The minimum Gasteiger partial charge on any atom is -0.271 e. The monoisotopic (exact) mass is 356 g/mol. The summed E-state index contributed by atoms with van der Waals surface area (Å²) in [5.41, 5.74) is 7.19. The minimum atomic E-state index is 0.00324. The molecule has 2 aromatic rings. The molecular formula is C14H18BrClN4. The summed E-state index contributed by atoms with van der Waals surface area (Å²) in [7, 11) is 1.84. The third-order valence-corrected chi connectivity index (χ3v) is 4.45. The minimum absolute atomic E-state index is 0.00324. The molecule has 20 heavy (non-hydrogen) atoms. The number of hydrogen-bond donors (Lipinski definition) is 2. The zero-order chi connectivity index (χ0) is 14.9.